The summed E-state index contributed by atoms with van der Waals surface area (Å²) in [7, 11) is 1.86. The zero-order valence-corrected chi connectivity index (χ0v) is 10.2. The lowest BCUT2D eigenvalue weighted by atomic mass is 9.99. The molecule has 0 radical (unpaired) electrons. The normalized spacial score (nSPS) is 12.4. The largest absolute Gasteiger partial charge is 0.313 e. The molecule has 0 spiro atoms. The highest BCUT2D eigenvalue weighted by Gasteiger charge is 2.10. The Morgan fingerprint density at radius 3 is 1.89 bits per heavy atom. The first kappa shape index (κ1) is 12.7. The van der Waals surface area contributed by atoms with Gasteiger partial charge in [0.15, 0.2) is 0 Å². The Morgan fingerprint density at radius 1 is 0.889 bits per heavy atom. The minimum Gasteiger partial charge on any atom is -0.313 e. The van der Waals surface area contributed by atoms with Gasteiger partial charge in [-0.05, 0) is 48.9 Å². The predicted molar refractivity (Wildman–Crippen MR) is 68.3 cm³/mol. The Kier molecular flexibility index (Phi) is 4.05. The number of rotatable bonds is 4. The third-order valence-electron chi connectivity index (χ3n) is 2.97. The summed E-state index contributed by atoms with van der Waals surface area (Å²) in [6.45, 7) is 0. The van der Waals surface area contributed by atoms with Gasteiger partial charge in [-0.25, -0.2) is 8.78 Å². The van der Waals surface area contributed by atoms with Crippen LogP contribution in [0.15, 0.2) is 48.5 Å². The molecular weight excluding hydrogens is 232 g/mol. The van der Waals surface area contributed by atoms with Crippen LogP contribution in [0.1, 0.15) is 17.2 Å². The molecule has 0 aliphatic heterocycles. The second-order valence-corrected chi connectivity index (χ2v) is 4.22. The van der Waals surface area contributed by atoms with E-state index in [0.29, 0.717) is 0 Å². The molecule has 0 aromatic heterocycles. The highest BCUT2D eigenvalue weighted by Crippen LogP contribution is 2.18. The lowest BCUT2D eigenvalue weighted by molar-refractivity contribution is 0.583. The molecule has 2 rings (SSSR count). The van der Waals surface area contributed by atoms with Crippen LogP contribution in [0.3, 0.4) is 0 Å². The van der Waals surface area contributed by atoms with Crippen molar-refractivity contribution in [1.82, 2.24) is 5.32 Å². The molecule has 0 saturated carbocycles. The molecule has 0 bridgehead atoms. The maximum absolute atomic E-state index is 12.9. The first-order chi connectivity index (χ1) is 8.69. The van der Waals surface area contributed by atoms with Crippen LogP contribution in [0.2, 0.25) is 0 Å². The maximum Gasteiger partial charge on any atom is 0.123 e. The molecule has 0 fully saturated rings. The Bertz CT molecular complexity index is 491. The molecule has 2 aromatic rings. The monoisotopic (exact) mass is 247 g/mol. The van der Waals surface area contributed by atoms with E-state index in [1.807, 2.05) is 7.05 Å². The van der Waals surface area contributed by atoms with Gasteiger partial charge in [0.1, 0.15) is 11.6 Å². The van der Waals surface area contributed by atoms with Crippen LogP contribution in [-0.4, -0.2) is 7.05 Å². The van der Waals surface area contributed by atoms with E-state index < -0.39 is 0 Å². The van der Waals surface area contributed by atoms with Crippen LogP contribution in [0.4, 0.5) is 8.78 Å². The lowest BCUT2D eigenvalue weighted by Gasteiger charge is -2.16. The number of benzene rings is 2. The second-order valence-electron chi connectivity index (χ2n) is 4.22. The van der Waals surface area contributed by atoms with Crippen molar-refractivity contribution in [3.05, 3.63) is 71.3 Å². The minimum absolute atomic E-state index is 0.0936. The van der Waals surface area contributed by atoms with Gasteiger partial charge in [0.25, 0.3) is 0 Å². The van der Waals surface area contributed by atoms with E-state index in [1.165, 1.54) is 24.3 Å². The summed E-state index contributed by atoms with van der Waals surface area (Å²) in [6, 6.07) is 13.0. The molecule has 0 saturated heterocycles. The quantitative estimate of drug-likeness (QED) is 0.872. The van der Waals surface area contributed by atoms with Crippen LogP contribution in [0, 0.1) is 11.6 Å². The maximum atomic E-state index is 12.9. The molecule has 1 nitrogen and oxygen atoms in total. The van der Waals surface area contributed by atoms with Crippen molar-refractivity contribution >= 4 is 0 Å². The third-order valence-corrected chi connectivity index (χ3v) is 2.97. The summed E-state index contributed by atoms with van der Waals surface area (Å²) >= 11 is 0. The average Bonchev–Trinajstić information content (AvgIpc) is 2.39. The summed E-state index contributed by atoms with van der Waals surface area (Å²) in [6.07, 6.45) is 0.739. The summed E-state index contributed by atoms with van der Waals surface area (Å²) in [5, 5.41) is 3.18. The van der Waals surface area contributed by atoms with E-state index in [1.54, 1.807) is 24.3 Å². The van der Waals surface area contributed by atoms with Crippen molar-refractivity contribution in [2.75, 3.05) is 7.05 Å². The standard InChI is InChI=1S/C15H15F2N/c1-18-15(12-4-8-14(17)9-5-12)10-11-2-6-13(16)7-3-11/h2-9,15,18H,10H2,1H3. The molecule has 1 atom stereocenters. The van der Waals surface area contributed by atoms with Crippen molar-refractivity contribution in [2.45, 2.75) is 12.5 Å². The van der Waals surface area contributed by atoms with Crippen molar-refractivity contribution in [3.8, 4) is 0 Å². The van der Waals surface area contributed by atoms with E-state index in [4.69, 9.17) is 0 Å². The minimum atomic E-state index is -0.240. The van der Waals surface area contributed by atoms with Gasteiger partial charge in [0.05, 0.1) is 0 Å². The molecule has 0 heterocycles. The van der Waals surface area contributed by atoms with Crippen molar-refractivity contribution in [1.29, 1.82) is 0 Å². The Hall–Kier alpha value is -1.74. The Labute approximate surface area is 105 Å². The fourth-order valence-corrected chi connectivity index (χ4v) is 1.94. The molecule has 1 N–H and O–H groups in total. The molecule has 0 aliphatic carbocycles. The van der Waals surface area contributed by atoms with Gasteiger partial charge in [0, 0.05) is 6.04 Å². The van der Waals surface area contributed by atoms with Gasteiger partial charge >= 0.3 is 0 Å². The smallest absolute Gasteiger partial charge is 0.123 e. The number of hydrogen-bond acceptors (Lipinski definition) is 1. The van der Waals surface area contributed by atoms with Crippen LogP contribution in [0.25, 0.3) is 0 Å². The van der Waals surface area contributed by atoms with E-state index in [2.05, 4.69) is 5.32 Å². The zero-order chi connectivity index (χ0) is 13.0. The molecule has 3 heteroatoms. The van der Waals surface area contributed by atoms with E-state index in [0.717, 1.165) is 17.5 Å². The highest BCUT2D eigenvalue weighted by molar-refractivity contribution is 5.24. The Balaban J connectivity index is 2.14. The van der Waals surface area contributed by atoms with Crippen LogP contribution >= 0.6 is 0 Å². The SMILES string of the molecule is CNC(Cc1ccc(F)cc1)c1ccc(F)cc1. The van der Waals surface area contributed by atoms with E-state index >= 15 is 0 Å². The molecular formula is C15H15F2N. The number of hydrogen-bond donors (Lipinski definition) is 1. The summed E-state index contributed by atoms with van der Waals surface area (Å²) in [5.41, 5.74) is 2.06. The number of nitrogens with one attached hydrogen (secondary N) is 1. The number of halogens is 2. The zero-order valence-electron chi connectivity index (χ0n) is 10.2. The third kappa shape index (κ3) is 3.14. The van der Waals surface area contributed by atoms with Gasteiger partial charge in [-0.3, -0.25) is 0 Å². The van der Waals surface area contributed by atoms with Gasteiger partial charge in [0.2, 0.25) is 0 Å². The highest BCUT2D eigenvalue weighted by atomic mass is 19.1. The van der Waals surface area contributed by atoms with Crippen LogP contribution in [0.5, 0.6) is 0 Å². The van der Waals surface area contributed by atoms with Gasteiger partial charge in [-0.15, -0.1) is 0 Å². The fraction of sp³-hybridized carbons (Fsp3) is 0.200. The van der Waals surface area contributed by atoms with Crippen molar-refractivity contribution in [2.24, 2.45) is 0 Å². The number of likely N-dealkylation sites (N-methyl/N-ethyl adjacent to an activating group) is 1. The molecule has 0 amide bonds. The van der Waals surface area contributed by atoms with Crippen LogP contribution in [-0.2, 0) is 6.42 Å². The van der Waals surface area contributed by atoms with Crippen molar-refractivity contribution in [3.63, 3.8) is 0 Å². The molecule has 1 unspecified atom stereocenters. The molecule has 0 aliphatic rings. The second kappa shape index (κ2) is 5.74. The summed E-state index contributed by atoms with van der Waals surface area (Å²) < 4.78 is 25.7. The Morgan fingerprint density at radius 2 is 1.39 bits per heavy atom. The van der Waals surface area contributed by atoms with Gasteiger partial charge < -0.3 is 5.32 Å². The molecule has 94 valence electrons. The van der Waals surface area contributed by atoms with Gasteiger partial charge in [-0.2, -0.15) is 0 Å². The summed E-state index contributed by atoms with van der Waals surface area (Å²) in [4.78, 5) is 0. The van der Waals surface area contributed by atoms with Gasteiger partial charge in [-0.1, -0.05) is 24.3 Å². The van der Waals surface area contributed by atoms with E-state index in [-0.39, 0.29) is 17.7 Å². The van der Waals surface area contributed by atoms with Crippen LogP contribution < -0.4 is 5.32 Å². The lowest BCUT2D eigenvalue weighted by Crippen LogP contribution is -2.18. The topological polar surface area (TPSA) is 12.0 Å². The first-order valence-electron chi connectivity index (χ1n) is 5.86. The average molecular weight is 247 g/mol. The van der Waals surface area contributed by atoms with E-state index in [9.17, 15) is 8.78 Å². The predicted octanol–water partition coefficient (Wildman–Crippen LogP) is 3.47. The van der Waals surface area contributed by atoms with Crippen molar-refractivity contribution < 1.29 is 8.78 Å². The fourth-order valence-electron chi connectivity index (χ4n) is 1.94. The first-order valence-corrected chi connectivity index (χ1v) is 5.86. The molecule has 2 aromatic carbocycles. The molecule has 18 heavy (non-hydrogen) atoms. The summed E-state index contributed by atoms with van der Waals surface area (Å²) in [5.74, 6) is -0.475.